The highest BCUT2D eigenvalue weighted by atomic mass is 35.5. The molecule has 1 saturated heterocycles. The number of benzene rings is 2. The number of carbonyl (C=O) groups excluding carboxylic acids is 1. The molecule has 3 rings (SSSR count). The van der Waals surface area contributed by atoms with Crippen LogP contribution in [0.2, 0.25) is 5.02 Å². The standard InChI is InChI=1S/C20H23ClN2O4S/c1-2-27-19-11-10-17(28(25,26)23-12-4-3-5-13-23)14-18(19)22-20(24)15-6-8-16(21)9-7-15/h6-11,14H,2-5,12-13H2,1H3,(H,22,24). The van der Waals surface area contributed by atoms with Gasteiger partial charge in [-0.15, -0.1) is 0 Å². The quantitative estimate of drug-likeness (QED) is 0.758. The molecule has 0 aromatic heterocycles. The van der Waals surface area contributed by atoms with Crippen molar-refractivity contribution in [2.75, 3.05) is 25.0 Å². The zero-order chi connectivity index (χ0) is 20.1. The maximum atomic E-state index is 13.0. The van der Waals surface area contributed by atoms with E-state index in [0.29, 0.717) is 41.7 Å². The highest BCUT2D eigenvalue weighted by molar-refractivity contribution is 7.89. The fraction of sp³-hybridized carbons (Fsp3) is 0.350. The number of sulfonamides is 1. The number of nitrogens with one attached hydrogen (secondary N) is 1. The first-order valence-corrected chi connectivity index (χ1v) is 11.1. The molecule has 8 heteroatoms. The number of anilines is 1. The van der Waals surface area contributed by atoms with Crippen molar-refractivity contribution in [2.45, 2.75) is 31.1 Å². The van der Waals surface area contributed by atoms with Crippen molar-refractivity contribution in [3.05, 3.63) is 53.1 Å². The van der Waals surface area contributed by atoms with Crippen molar-refractivity contribution in [3.8, 4) is 5.75 Å². The van der Waals surface area contributed by atoms with Crippen molar-refractivity contribution < 1.29 is 17.9 Å². The van der Waals surface area contributed by atoms with Crippen molar-refractivity contribution in [3.63, 3.8) is 0 Å². The van der Waals surface area contributed by atoms with E-state index in [4.69, 9.17) is 16.3 Å². The van der Waals surface area contributed by atoms with Crippen LogP contribution in [0.1, 0.15) is 36.5 Å². The lowest BCUT2D eigenvalue weighted by molar-refractivity contribution is 0.102. The molecular weight excluding hydrogens is 400 g/mol. The van der Waals surface area contributed by atoms with E-state index in [0.717, 1.165) is 19.3 Å². The minimum absolute atomic E-state index is 0.143. The second-order valence-electron chi connectivity index (χ2n) is 6.52. The molecule has 1 fully saturated rings. The third-order valence-electron chi connectivity index (χ3n) is 4.56. The van der Waals surface area contributed by atoms with Crippen LogP contribution in [0.3, 0.4) is 0 Å². The fourth-order valence-corrected chi connectivity index (χ4v) is 4.77. The lowest BCUT2D eigenvalue weighted by Crippen LogP contribution is -2.35. The summed E-state index contributed by atoms with van der Waals surface area (Å²) >= 11 is 5.86. The van der Waals surface area contributed by atoms with E-state index in [2.05, 4.69) is 5.32 Å². The van der Waals surface area contributed by atoms with Gasteiger partial charge in [0.15, 0.2) is 0 Å². The number of hydrogen-bond acceptors (Lipinski definition) is 4. The van der Waals surface area contributed by atoms with Crippen molar-refractivity contribution in [1.82, 2.24) is 4.31 Å². The van der Waals surface area contributed by atoms with Crippen molar-refractivity contribution in [1.29, 1.82) is 0 Å². The molecule has 1 heterocycles. The van der Waals surface area contributed by atoms with Gasteiger partial charge in [-0.25, -0.2) is 8.42 Å². The predicted molar refractivity (Wildman–Crippen MR) is 110 cm³/mol. The highest BCUT2D eigenvalue weighted by Crippen LogP contribution is 2.30. The number of piperidine rings is 1. The predicted octanol–water partition coefficient (Wildman–Crippen LogP) is 4.17. The number of hydrogen-bond donors (Lipinski definition) is 1. The van der Waals surface area contributed by atoms with Crippen LogP contribution in [0.25, 0.3) is 0 Å². The lowest BCUT2D eigenvalue weighted by Gasteiger charge is -2.26. The molecule has 0 bridgehead atoms. The number of amides is 1. The Bertz CT molecular complexity index is 939. The van der Waals surface area contributed by atoms with Crippen molar-refractivity contribution >= 4 is 33.2 Å². The molecular formula is C20H23ClN2O4S. The Kier molecular flexibility index (Phi) is 6.59. The van der Waals surface area contributed by atoms with E-state index in [1.165, 1.54) is 16.4 Å². The lowest BCUT2D eigenvalue weighted by atomic mass is 10.2. The molecule has 0 atom stereocenters. The van der Waals surface area contributed by atoms with Gasteiger partial charge in [0.2, 0.25) is 10.0 Å². The van der Waals surface area contributed by atoms with Gasteiger partial charge in [-0.3, -0.25) is 4.79 Å². The van der Waals surface area contributed by atoms with Crippen LogP contribution in [0.5, 0.6) is 5.75 Å². The van der Waals surface area contributed by atoms with E-state index in [1.54, 1.807) is 30.3 Å². The molecule has 0 spiro atoms. The second-order valence-corrected chi connectivity index (χ2v) is 8.89. The molecule has 0 saturated carbocycles. The molecule has 150 valence electrons. The largest absolute Gasteiger partial charge is 0.492 e. The van der Waals surface area contributed by atoms with E-state index >= 15 is 0 Å². The van der Waals surface area contributed by atoms with Gasteiger partial charge in [0.25, 0.3) is 5.91 Å². The Morgan fingerprint density at radius 1 is 1.11 bits per heavy atom. The minimum Gasteiger partial charge on any atom is -0.492 e. The summed E-state index contributed by atoms with van der Waals surface area (Å²) in [7, 11) is -3.61. The molecule has 1 amide bonds. The average Bonchev–Trinajstić information content (AvgIpc) is 2.70. The van der Waals surface area contributed by atoms with Gasteiger partial charge >= 0.3 is 0 Å². The fourth-order valence-electron chi connectivity index (χ4n) is 3.10. The van der Waals surface area contributed by atoms with E-state index in [-0.39, 0.29) is 10.8 Å². The molecule has 1 aliphatic rings. The number of nitrogens with zero attached hydrogens (tertiary/aromatic N) is 1. The highest BCUT2D eigenvalue weighted by Gasteiger charge is 2.27. The average molecular weight is 423 g/mol. The Morgan fingerprint density at radius 3 is 2.43 bits per heavy atom. The molecule has 0 unspecified atom stereocenters. The molecule has 2 aromatic carbocycles. The summed E-state index contributed by atoms with van der Waals surface area (Å²) in [6.07, 6.45) is 2.75. The zero-order valence-electron chi connectivity index (χ0n) is 15.7. The van der Waals surface area contributed by atoms with Crippen LogP contribution in [0.15, 0.2) is 47.4 Å². The smallest absolute Gasteiger partial charge is 0.255 e. The van der Waals surface area contributed by atoms with Crippen LogP contribution < -0.4 is 10.1 Å². The summed E-state index contributed by atoms with van der Waals surface area (Å²) in [5.74, 6) is 0.0487. The van der Waals surface area contributed by atoms with E-state index in [9.17, 15) is 13.2 Å². The molecule has 1 N–H and O–H groups in total. The van der Waals surface area contributed by atoms with Gasteiger partial charge in [0.1, 0.15) is 5.75 Å². The Hall–Kier alpha value is -2.09. The SMILES string of the molecule is CCOc1ccc(S(=O)(=O)N2CCCCC2)cc1NC(=O)c1ccc(Cl)cc1. The zero-order valence-corrected chi connectivity index (χ0v) is 17.2. The van der Waals surface area contributed by atoms with Gasteiger partial charge in [0.05, 0.1) is 17.2 Å². The van der Waals surface area contributed by atoms with Crippen LogP contribution >= 0.6 is 11.6 Å². The Labute approximate surface area is 170 Å². The Balaban J connectivity index is 1.91. The maximum Gasteiger partial charge on any atom is 0.255 e. The molecule has 0 aliphatic carbocycles. The summed E-state index contributed by atoms with van der Waals surface area (Å²) in [5.41, 5.74) is 0.732. The monoisotopic (exact) mass is 422 g/mol. The third-order valence-corrected chi connectivity index (χ3v) is 6.70. The summed E-state index contributed by atoms with van der Waals surface area (Å²) in [4.78, 5) is 12.7. The van der Waals surface area contributed by atoms with E-state index < -0.39 is 10.0 Å². The normalized spacial score (nSPS) is 15.2. The van der Waals surface area contributed by atoms with Crippen LogP contribution in [0.4, 0.5) is 5.69 Å². The first-order valence-electron chi connectivity index (χ1n) is 9.25. The number of ether oxygens (including phenoxy) is 1. The van der Waals surface area contributed by atoms with Gasteiger partial charge in [-0.05, 0) is 62.2 Å². The topological polar surface area (TPSA) is 75.7 Å². The number of halogens is 1. The number of carbonyl (C=O) groups is 1. The van der Waals surface area contributed by atoms with Gasteiger partial charge in [-0.2, -0.15) is 4.31 Å². The first kappa shape index (κ1) is 20.6. The van der Waals surface area contributed by atoms with Gasteiger partial charge in [-0.1, -0.05) is 18.0 Å². The Morgan fingerprint density at radius 2 is 1.79 bits per heavy atom. The van der Waals surface area contributed by atoms with Gasteiger partial charge < -0.3 is 10.1 Å². The second kappa shape index (κ2) is 8.94. The third kappa shape index (κ3) is 4.66. The summed E-state index contributed by atoms with van der Waals surface area (Å²) in [6, 6.07) is 11.0. The summed E-state index contributed by atoms with van der Waals surface area (Å²) in [6.45, 7) is 3.25. The molecule has 0 radical (unpaired) electrons. The maximum absolute atomic E-state index is 13.0. The van der Waals surface area contributed by atoms with Crippen molar-refractivity contribution in [2.24, 2.45) is 0 Å². The number of rotatable bonds is 6. The molecule has 6 nitrogen and oxygen atoms in total. The first-order chi connectivity index (χ1) is 13.4. The minimum atomic E-state index is -3.61. The van der Waals surface area contributed by atoms with Crippen LogP contribution in [-0.2, 0) is 10.0 Å². The van der Waals surface area contributed by atoms with Crippen LogP contribution in [-0.4, -0.2) is 38.3 Å². The molecule has 2 aromatic rings. The van der Waals surface area contributed by atoms with Gasteiger partial charge in [0, 0.05) is 23.7 Å². The van der Waals surface area contributed by atoms with E-state index in [1.807, 2.05) is 6.92 Å². The van der Waals surface area contributed by atoms with Crippen LogP contribution in [0, 0.1) is 0 Å². The summed E-state index contributed by atoms with van der Waals surface area (Å²) in [5, 5.41) is 3.29. The molecule has 28 heavy (non-hydrogen) atoms. The summed E-state index contributed by atoms with van der Waals surface area (Å²) < 4.78 is 33.0. The molecule has 1 aliphatic heterocycles.